The van der Waals surface area contributed by atoms with Gasteiger partial charge in [-0.15, -0.1) is 0 Å². The van der Waals surface area contributed by atoms with Crippen molar-refractivity contribution in [2.24, 2.45) is 0 Å². The van der Waals surface area contributed by atoms with Crippen LogP contribution in [0.25, 0.3) is 0 Å². The van der Waals surface area contributed by atoms with Crippen LogP contribution in [0.1, 0.15) is 40.5 Å². The molecule has 0 aliphatic carbocycles. The number of rotatable bonds is 3. The lowest BCUT2D eigenvalue weighted by Gasteiger charge is -2.36. The predicted molar refractivity (Wildman–Crippen MR) is 82.9 cm³/mol. The molecule has 0 radical (unpaired) electrons. The quantitative estimate of drug-likeness (QED) is 0.758. The Kier molecular flexibility index (Phi) is 5.49. The molecule has 0 aromatic carbocycles. The summed E-state index contributed by atoms with van der Waals surface area (Å²) in [5.41, 5.74) is 0. The van der Waals surface area contributed by atoms with Crippen molar-refractivity contribution in [1.29, 1.82) is 0 Å². The van der Waals surface area contributed by atoms with Gasteiger partial charge < -0.3 is 9.84 Å². The molecule has 1 rings (SSSR count). The Morgan fingerprint density at radius 1 is 1.56 bits per heavy atom. The van der Waals surface area contributed by atoms with E-state index in [4.69, 9.17) is 4.74 Å². The van der Waals surface area contributed by atoms with Gasteiger partial charge in [-0.3, -0.25) is 0 Å². The molecular formula is C12H22INO3S. The second-order valence-corrected chi connectivity index (χ2v) is 9.15. The minimum atomic E-state index is -1.08. The van der Waals surface area contributed by atoms with Crippen molar-refractivity contribution in [3.63, 3.8) is 0 Å². The van der Waals surface area contributed by atoms with E-state index in [-0.39, 0.29) is 22.8 Å². The lowest BCUT2D eigenvalue weighted by Crippen LogP contribution is -2.46. The zero-order chi connectivity index (χ0) is 14.1. The van der Waals surface area contributed by atoms with Crippen molar-refractivity contribution in [2.75, 3.05) is 7.05 Å². The molecule has 1 aliphatic rings. The summed E-state index contributed by atoms with van der Waals surface area (Å²) in [6, 6.07) is -0.00305. The van der Waals surface area contributed by atoms with E-state index >= 15 is 0 Å². The van der Waals surface area contributed by atoms with E-state index in [9.17, 15) is 9.32 Å². The Morgan fingerprint density at radius 2 is 2.11 bits per heavy atom. The van der Waals surface area contributed by atoms with Crippen molar-refractivity contribution in [2.45, 2.75) is 57.4 Å². The van der Waals surface area contributed by atoms with Gasteiger partial charge in [-0.05, 0) is 63.1 Å². The lowest BCUT2D eigenvalue weighted by molar-refractivity contribution is -0.0130. The molecule has 1 aliphatic heterocycles. The number of ether oxygens (including phenoxy) is 1. The summed E-state index contributed by atoms with van der Waals surface area (Å²) in [5.74, 6) is 0.0219. The SMILES string of the molecule is C[C@@H]([C@@H]1CCC(I)=C(O)O1)N(C)[S@@](=O)C(C)(C)C. The number of allylic oxidation sites excluding steroid dienone is 1. The van der Waals surface area contributed by atoms with Crippen molar-refractivity contribution in [3.8, 4) is 0 Å². The molecular weight excluding hydrogens is 365 g/mol. The van der Waals surface area contributed by atoms with E-state index in [1.165, 1.54) is 0 Å². The highest BCUT2D eigenvalue weighted by atomic mass is 127. The summed E-state index contributed by atoms with van der Waals surface area (Å²) in [6.45, 7) is 7.84. The molecule has 0 fully saturated rings. The summed E-state index contributed by atoms with van der Waals surface area (Å²) in [6.07, 6.45) is 1.55. The second-order valence-electron chi connectivity index (χ2n) is 5.55. The Labute approximate surface area is 125 Å². The maximum Gasteiger partial charge on any atom is 0.286 e. The zero-order valence-electron chi connectivity index (χ0n) is 11.6. The van der Waals surface area contributed by atoms with Crippen LogP contribution < -0.4 is 0 Å². The molecule has 1 N–H and O–H groups in total. The largest absolute Gasteiger partial charge is 0.480 e. The fourth-order valence-electron chi connectivity index (χ4n) is 1.80. The molecule has 1 heterocycles. The first-order chi connectivity index (χ1) is 8.14. The van der Waals surface area contributed by atoms with Gasteiger partial charge >= 0.3 is 0 Å². The number of hydrogen-bond donors (Lipinski definition) is 1. The van der Waals surface area contributed by atoms with E-state index in [0.29, 0.717) is 0 Å². The van der Waals surface area contributed by atoms with Gasteiger partial charge in [0.2, 0.25) is 0 Å². The normalized spacial score (nSPS) is 24.9. The summed E-state index contributed by atoms with van der Waals surface area (Å²) in [4.78, 5) is 0. The lowest BCUT2D eigenvalue weighted by atomic mass is 10.1. The van der Waals surface area contributed by atoms with Gasteiger partial charge in [0.1, 0.15) is 6.10 Å². The van der Waals surface area contributed by atoms with E-state index in [0.717, 1.165) is 16.4 Å². The van der Waals surface area contributed by atoms with Crippen molar-refractivity contribution >= 4 is 33.6 Å². The number of nitrogens with zero attached hydrogens (tertiary/aromatic N) is 1. The van der Waals surface area contributed by atoms with Crippen LogP contribution >= 0.6 is 22.6 Å². The van der Waals surface area contributed by atoms with Gasteiger partial charge in [0.25, 0.3) is 5.95 Å². The highest BCUT2D eigenvalue weighted by Gasteiger charge is 2.33. The van der Waals surface area contributed by atoms with Gasteiger partial charge in [0, 0.05) is 7.05 Å². The highest BCUT2D eigenvalue weighted by Crippen LogP contribution is 2.30. The van der Waals surface area contributed by atoms with Crippen LogP contribution in [0.5, 0.6) is 0 Å². The number of hydrogen-bond acceptors (Lipinski definition) is 3. The van der Waals surface area contributed by atoms with Gasteiger partial charge in [0.05, 0.1) is 25.4 Å². The molecule has 0 bridgehead atoms. The van der Waals surface area contributed by atoms with E-state index in [1.54, 1.807) is 0 Å². The Morgan fingerprint density at radius 3 is 2.56 bits per heavy atom. The van der Waals surface area contributed by atoms with Gasteiger partial charge in [-0.25, -0.2) is 8.51 Å². The number of halogens is 1. The van der Waals surface area contributed by atoms with Gasteiger partial charge in [-0.2, -0.15) is 0 Å². The monoisotopic (exact) mass is 387 g/mol. The molecule has 106 valence electrons. The molecule has 3 atom stereocenters. The standard InChI is InChI=1S/C12H22INO3S/c1-8(14(5)18(16)12(2,3)4)10-7-6-9(13)11(15)17-10/h8,10,15H,6-7H2,1-5H3/t8-,10-,18-/m0/s1. The maximum atomic E-state index is 12.3. The van der Waals surface area contributed by atoms with E-state index in [2.05, 4.69) is 22.6 Å². The average molecular weight is 387 g/mol. The number of aliphatic hydroxyl groups excluding tert-OH is 1. The van der Waals surface area contributed by atoms with Crippen LogP contribution in [0.15, 0.2) is 9.53 Å². The molecule has 0 spiro atoms. The van der Waals surface area contributed by atoms with Crippen LogP contribution in [0, 0.1) is 0 Å². The molecule has 0 aromatic heterocycles. The van der Waals surface area contributed by atoms with E-state index < -0.39 is 11.0 Å². The first-order valence-corrected chi connectivity index (χ1v) is 8.22. The first kappa shape index (κ1) is 16.2. The number of likely N-dealkylation sites (N-methyl/N-ethyl adjacent to an activating group) is 1. The number of aliphatic hydroxyl groups is 1. The Bertz CT molecular complexity index is 365. The van der Waals surface area contributed by atoms with Crippen molar-refractivity contribution in [3.05, 3.63) is 9.53 Å². The van der Waals surface area contributed by atoms with Crippen LogP contribution in [0.2, 0.25) is 0 Å². The van der Waals surface area contributed by atoms with Crippen LogP contribution in [-0.2, 0) is 15.7 Å². The van der Waals surface area contributed by atoms with Gasteiger partial charge in [-0.1, -0.05) is 0 Å². The molecule has 0 aromatic rings. The average Bonchev–Trinajstić information content (AvgIpc) is 2.28. The second kappa shape index (κ2) is 6.09. The van der Waals surface area contributed by atoms with Gasteiger partial charge in [0.15, 0.2) is 0 Å². The topological polar surface area (TPSA) is 49.8 Å². The summed E-state index contributed by atoms with van der Waals surface area (Å²) in [5, 5.41) is 9.63. The highest BCUT2D eigenvalue weighted by molar-refractivity contribution is 14.1. The smallest absolute Gasteiger partial charge is 0.286 e. The fourth-order valence-corrected chi connectivity index (χ4v) is 3.54. The molecule has 18 heavy (non-hydrogen) atoms. The third-order valence-electron chi connectivity index (χ3n) is 3.04. The molecule has 4 nitrogen and oxygen atoms in total. The fraction of sp³-hybridized carbons (Fsp3) is 0.833. The molecule has 0 amide bonds. The third kappa shape index (κ3) is 3.84. The third-order valence-corrected chi connectivity index (χ3v) is 5.94. The molecule has 6 heteroatoms. The molecule has 0 unspecified atom stereocenters. The maximum absolute atomic E-state index is 12.3. The van der Waals surface area contributed by atoms with Crippen LogP contribution in [0.4, 0.5) is 0 Å². The Hall–Kier alpha value is 0.180. The Balaban J connectivity index is 2.72. The van der Waals surface area contributed by atoms with Crippen molar-refractivity contribution in [1.82, 2.24) is 4.31 Å². The minimum Gasteiger partial charge on any atom is -0.480 e. The molecule has 0 saturated heterocycles. The minimum absolute atomic E-state index is 0.00305. The van der Waals surface area contributed by atoms with Crippen molar-refractivity contribution < 1.29 is 14.1 Å². The molecule has 0 saturated carbocycles. The zero-order valence-corrected chi connectivity index (χ0v) is 14.5. The summed E-state index contributed by atoms with van der Waals surface area (Å²) in [7, 11) is 0.763. The van der Waals surface area contributed by atoms with Crippen LogP contribution in [-0.4, -0.2) is 37.6 Å². The summed E-state index contributed by atoms with van der Waals surface area (Å²) >= 11 is 2.09. The summed E-state index contributed by atoms with van der Waals surface area (Å²) < 4.78 is 20.2. The predicted octanol–water partition coefficient (Wildman–Crippen LogP) is 3.11. The first-order valence-electron chi connectivity index (χ1n) is 6.03. The van der Waals surface area contributed by atoms with Crippen LogP contribution in [0.3, 0.4) is 0 Å². The van der Waals surface area contributed by atoms with E-state index in [1.807, 2.05) is 39.0 Å².